The second-order valence-corrected chi connectivity index (χ2v) is 3.43. The van der Waals surface area contributed by atoms with Gasteiger partial charge in [-0.3, -0.25) is 4.79 Å². The molecule has 0 saturated heterocycles. The lowest BCUT2D eigenvalue weighted by molar-refractivity contribution is 0.0960. The number of hydrogen-bond acceptors (Lipinski definition) is 4. The minimum Gasteiger partial charge on any atom is -0.493 e. The first-order valence-corrected chi connectivity index (χ1v) is 4.94. The quantitative estimate of drug-likeness (QED) is 0.863. The SMILES string of the molecule is CNC(=O)c1c(F)cc(OC)c2oc(C)nc12. The zero-order valence-electron chi connectivity index (χ0n) is 9.63. The van der Waals surface area contributed by atoms with Gasteiger partial charge in [-0.05, 0) is 0 Å². The van der Waals surface area contributed by atoms with E-state index in [1.54, 1.807) is 6.92 Å². The number of nitrogens with one attached hydrogen (secondary N) is 1. The Morgan fingerprint density at radius 1 is 1.59 bits per heavy atom. The van der Waals surface area contributed by atoms with Gasteiger partial charge in [0.2, 0.25) is 0 Å². The van der Waals surface area contributed by atoms with E-state index in [4.69, 9.17) is 9.15 Å². The molecular weight excluding hydrogens is 227 g/mol. The monoisotopic (exact) mass is 238 g/mol. The van der Waals surface area contributed by atoms with Crippen molar-refractivity contribution >= 4 is 17.0 Å². The van der Waals surface area contributed by atoms with Gasteiger partial charge in [0.05, 0.1) is 7.11 Å². The smallest absolute Gasteiger partial charge is 0.256 e. The van der Waals surface area contributed by atoms with Crippen molar-refractivity contribution in [2.24, 2.45) is 0 Å². The van der Waals surface area contributed by atoms with Gasteiger partial charge in [-0.2, -0.15) is 0 Å². The molecule has 1 aromatic carbocycles. The number of amides is 1. The van der Waals surface area contributed by atoms with Gasteiger partial charge in [0.25, 0.3) is 5.91 Å². The van der Waals surface area contributed by atoms with Gasteiger partial charge < -0.3 is 14.5 Å². The molecule has 0 bridgehead atoms. The molecular formula is C11H11FN2O3. The lowest BCUT2D eigenvalue weighted by Crippen LogP contribution is -2.19. The summed E-state index contributed by atoms with van der Waals surface area (Å²) < 4.78 is 24.1. The number of oxazole rings is 1. The molecule has 1 amide bonds. The summed E-state index contributed by atoms with van der Waals surface area (Å²) in [6.45, 7) is 1.62. The highest BCUT2D eigenvalue weighted by Crippen LogP contribution is 2.31. The molecule has 0 unspecified atom stereocenters. The van der Waals surface area contributed by atoms with E-state index in [0.29, 0.717) is 5.89 Å². The maximum Gasteiger partial charge on any atom is 0.256 e. The number of carbonyl (C=O) groups is 1. The van der Waals surface area contributed by atoms with E-state index in [9.17, 15) is 9.18 Å². The Bertz CT molecular complexity index is 592. The molecule has 1 N–H and O–H groups in total. The van der Waals surface area contributed by atoms with Crippen LogP contribution in [0.3, 0.4) is 0 Å². The number of fused-ring (bicyclic) bond motifs is 1. The Kier molecular flexibility index (Phi) is 2.71. The highest BCUT2D eigenvalue weighted by molar-refractivity contribution is 6.05. The minimum absolute atomic E-state index is 0.139. The summed E-state index contributed by atoms with van der Waals surface area (Å²) in [5, 5.41) is 2.36. The lowest BCUT2D eigenvalue weighted by Gasteiger charge is -2.05. The van der Waals surface area contributed by atoms with E-state index in [0.717, 1.165) is 6.07 Å². The maximum absolute atomic E-state index is 13.8. The standard InChI is InChI=1S/C11H11FN2O3/c1-5-14-9-8(11(15)13-2)6(12)4-7(16-3)10(9)17-5/h4H,1-3H3,(H,13,15). The predicted molar refractivity (Wildman–Crippen MR) is 58.6 cm³/mol. The molecule has 2 rings (SSSR count). The van der Waals surface area contributed by atoms with Crippen LogP contribution < -0.4 is 10.1 Å². The first-order valence-electron chi connectivity index (χ1n) is 4.94. The summed E-state index contributed by atoms with van der Waals surface area (Å²) in [5.41, 5.74) is 0.295. The van der Waals surface area contributed by atoms with Crippen molar-refractivity contribution in [1.82, 2.24) is 10.3 Å². The first kappa shape index (κ1) is 11.4. The van der Waals surface area contributed by atoms with E-state index in [1.807, 2.05) is 0 Å². The lowest BCUT2D eigenvalue weighted by atomic mass is 10.1. The van der Waals surface area contributed by atoms with Crippen molar-refractivity contribution in [3.63, 3.8) is 0 Å². The van der Waals surface area contributed by atoms with E-state index in [-0.39, 0.29) is 22.4 Å². The van der Waals surface area contributed by atoms with Crippen LogP contribution in [0.25, 0.3) is 11.1 Å². The number of halogens is 1. The normalized spacial score (nSPS) is 10.6. The van der Waals surface area contributed by atoms with Crippen LogP contribution in [-0.4, -0.2) is 25.0 Å². The molecule has 0 atom stereocenters. The van der Waals surface area contributed by atoms with Crippen molar-refractivity contribution in [2.45, 2.75) is 6.92 Å². The summed E-state index contributed by atoms with van der Waals surface area (Å²) in [6.07, 6.45) is 0. The van der Waals surface area contributed by atoms with Gasteiger partial charge in [-0.25, -0.2) is 9.37 Å². The molecule has 0 spiro atoms. The Morgan fingerprint density at radius 2 is 2.29 bits per heavy atom. The second-order valence-electron chi connectivity index (χ2n) is 3.43. The van der Waals surface area contributed by atoms with Crippen molar-refractivity contribution < 1.29 is 18.3 Å². The summed E-state index contributed by atoms with van der Waals surface area (Å²) in [6, 6.07) is 1.11. The number of methoxy groups -OCH3 is 1. The van der Waals surface area contributed by atoms with Crippen LogP contribution in [0.4, 0.5) is 4.39 Å². The van der Waals surface area contributed by atoms with Gasteiger partial charge in [0.1, 0.15) is 16.9 Å². The third-order valence-corrected chi connectivity index (χ3v) is 2.37. The molecule has 0 saturated carbocycles. The summed E-state index contributed by atoms with van der Waals surface area (Å²) in [4.78, 5) is 15.6. The topological polar surface area (TPSA) is 64.4 Å². The number of nitrogens with zero attached hydrogens (tertiary/aromatic N) is 1. The average molecular weight is 238 g/mol. The zero-order chi connectivity index (χ0) is 12.6. The van der Waals surface area contributed by atoms with Crippen LogP contribution >= 0.6 is 0 Å². The molecule has 0 aliphatic carbocycles. The number of aromatic nitrogens is 1. The van der Waals surface area contributed by atoms with Crippen LogP contribution in [0, 0.1) is 12.7 Å². The van der Waals surface area contributed by atoms with E-state index in [2.05, 4.69) is 10.3 Å². The number of carbonyl (C=O) groups excluding carboxylic acids is 1. The molecule has 6 heteroatoms. The Morgan fingerprint density at radius 3 is 2.88 bits per heavy atom. The fraction of sp³-hybridized carbons (Fsp3) is 0.273. The summed E-state index contributed by atoms with van der Waals surface area (Å²) >= 11 is 0. The fourth-order valence-electron chi connectivity index (χ4n) is 1.62. The van der Waals surface area contributed by atoms with Crippen LogP contribution in [0.15, 0.2) is 10.5 Å². The fourth-order valence-corrected chi connectivity index (χ4v) is 1.62. The Labute approximate surface area is 96.6 Å². The molecule has 1 aromatic heterocycles. The predicted octanol–water partition coefficient (Wildman–Crippen LogP) is 1.64. The highest BCUT2D eigenvalue weighted by atomic mass is 19.1. The maximum atomic E-state index is 13.8. The van der Waals surface area contributed by atoms with E-state index < -0.39 is 11.7 Å². The third-order valence-electron chi connectivity index (χ3n) is 2.37. The minimum atomic E-state index is -0.693. The van der Waals surface area contributed by atoms with Crippen molar-refractivity contribution in [1.29, 1.82) is 0 Å². The first-order chi connectivity index (χ1) is 8.08. The zero-order valence-corrected chi connectivity index (χ0v) is 9.63. The number of rotatable bonds is 2. The van der Waals surface area contributed by atoms with Gasteiger partial charge in [0.15, 0.2) is 17.2 Å². The van der Waals surface area contributed by atoms with Crippen molar-refractivity contribution in [3.8, 4) is 5.75 Å². The van der Waals surface area contributed by atoms with Crippen molar-refractivity contribution in [2.75, 3.05) is 14.2 Å². The summed E-state index contributed by atoms with van der Waals surface area (Å²) in [5.74, 6) is -0.690. The van der Waals surface area contributed by atoms with Crippen LogP contribution in [0.5, 0.6) is 5.75 Å². The average Bonchev–Trinajstić information content (AvgIpc) is 2.68. The highest BCUT2D eigenvalue weighted by Gasteiger charge is 2.22. The molecule has 0 fully saturated rings. The third kappa shape index (κ3) is 1.71. The Balaban J connectivity index is 2.84. The van der Waals surface area contributed by atoms with Gasteiger partial charge in [-0.1, -0.05) is 0 Å². The number of aryl methyl sites for hydroxylation is 1. The summed E-state index contributed by atoms with van der Waals surface area (Å²) in [7, 11) is 2.82. The molecule has 5 nitrogen and oxygen atoms in total. The molecule has 0 aliphatic heterocycles. The molecule has 1 heterocycles. The molecule has 0 radical (unpaired) electrons. The van der Waals surface area contributed by atoms with Gasteiger partial charge >= 0.3 is 0 Å². The molecule has 90 valence electrons. The van der Waals surface area contributed by atoms with E-state index in [1.165, 1.54) is 14.2 Å². The van der Waals surface area contributed by atoms with Gasteiger partial charge in [0, 0.05) is 20.0 Å². The number of ether oxygens (including phenoxy) is 1. The molecule has 2 aromatic rings. The van der Waals surface area contributed by atoms with Gasteiger partial charge in [-0.15, -0.1) is 0 Å². The van der Waals surface area contributed by atoms with Crippen LogP contribution in [0.2, 0.25) is 0 Å². The molecule has 17 heavy (non-hydrogen) atoms. The second kappa shape index (κ2) is 4.04. The largest absolute Gasteiger partial charge is 0.493 e. The number of hydrogen-bond donors (Lipinski definition) is 1. The number of benzene rings is 1. The van der Waals surface area contributed by atoms with E-state index >= 15 is 0 Å². The van der Waals surface area contributed by atoms with Crippen LogP contribution in [-0.2, 0) is 0 Å². The molecule has 0 aliphatic rings. The van der Waals surface area contributed by atoms with Crippen molar-refractivity contribution in [3.05, 3.63) is 23.3 Å². The Hall–Kier alpha value is -2.11. The van der Waals surface area contributed by atoms with Crippen LogP contribution in [0.1, 0.15) is 16.2 Å².